The average molecular weight is 238 g/mol. The molecular weight excluding hydrogens is 223 g/mol. The van der Waals surface area contributed by atoms with Crippen molar-refractivity contribution in [2.24, 2.45) is 0 Å². The molecule has 1 aliphatic heterocycles. The van der Waals surface area contributed by atoms with Crippen molar-refractivity contribution >= 4 is 7.60 Å². The predicted octanol–water partition coefficient (Wildman–Crippen LogP) is 0.107. The van der Waals surface area contributed by atoms with Gasteiger partial charge in [-0.2, -0.15) is 0 Å². The molecule has 0 unspecified atom stereocenters. The Labute approximate surface area is 88.0 Å². The van der Waals surface area contributed by atoms with Gasteiger partial charge >= 0.3 is 7.60 Å². The molecule has 3 atom stereocenters. The maximum absolute atomic E-state index is 10.6. The molecule has 0 aromatic heterocycles. The molecule has 2 N–H and O–H groups in total. The lowest BCUT2D eigenvalue weighted by Gasteiger charge is -2.17. The highest BCUT2D eigenvalue weighted by molar-refractivity contribution is 7.55. The molecule has 6 nitrogen and oxygen atoms in total. The number of rotatable bonds is 4. The van der Waals surface area contributed by atoms with Crippen LogP contribution in [0.5, 0.6) is 0 Å². The lowest BCUT2D eigenvalue weighted by Crippen LogP contribution is -2.32. The second-order valence-corrected chi connectivity index (χ2v) is 4.68. The number of hydrogen-bond donors (Lipinski definition) is 2. The van der Waals surface area contributed by atoms with Gasteiger partial charge in [-0.25, -0.2) is 0 Å². The van der Waals surface area contributed by atoms with Crippen LogP contribution in [-0.2, 0) is 18.8 Å². The Hall–Kier alpha value is -0.230. The summed E-state index contributed by atoms with van der Waals surface area (Å²) in [4.78, 5) is 17.3. The summed E-state index contributed by atoms with van der Waals surface area (Å²) in [5.41, 5.74) is 0. The van der Waals surface area contributed by atoms with Gasteiger partial charge in [-0.3, -0.25) is 4.57 Å². The number of ether oxygens (including phenoxy) is 3. The minimum absolute atomic E-state index is 0.207. The van der Waals surface area contributed by atoms with Gasteiger partial charge in [0.25, 0.3) is 0 Å². The zero-order valence-corrected chi connectivity index (χ0v) is 9.46. The lowest BCUT2D eigenvalue weighted by molar-refractivity contribution is -0.0146. The lowest BCUT2D eigenvalue weighted by atomic mass is 10.1. The molecule has 1 fully saturated rings. The molecule has 1 heterocycles. The van der Waals surface area contributed by atoms with Gasteiger partial charge in [-0.15, -0.1) is 0 Å². The molecule has 0 amide bonds. The summed E-state index contributed by atoms with van der Waals surface area (Å²) in [5, 5.41) is 0. The first kappa shape index (κ1) is 12.8. The van der Waals surface area contributed by atoms with E-state index in [2.05, 4.69) is 0 Å². The molecule has 0 saturated carbocycles. The van der Waals surface area contributed by atoms with E-state index in [1.165, 1.54) is 20.3 Å². The van der Waals surface area contributed by atoms with Gasteiger partial charge < -0.3 is 24.0 Å². The van der Waals surface area contributed by atoms with E-state index in [-0.39, 0.29) is 12.2 Å². The fraction of sp³-hybridized carbons (Fsp3) is 0.750. The topological polar surface area (TPSA) is 85.2 Å². The molecule has 0 aromatic rings. The summed E-state index contributed by atoms with van der Waals surface area (Å²) >= 11 is 0. The van der Waals surface area contributed by atoms with Crippen molar-refractivity contribution < 1.29 is 28.6 Å². The van der Waals surface area contributed by atoms with Gasteiger partial charge in [0, 0.05) is 20.0 Å². The highest BCUT2D eigenvalue weighted by Crippen LogP contribution is 2.37. The Morgan fingerprint density at radius 1 is 1.40 bits per heavy atom. The average Bonchev–Trinajstić information content (AvgIpc) is 2.55. The molecule has 88 valence electrons. The SMILES string of the molecule is CO[C@H]1[C@@H](OC)CO[C@@H]1/C=C/P(=O)(O)O. The third kappa shape index (κ3) is 3.68. The minimum atomic E-state index is -4.14. The van der Waals surface area contributed by atoms with Crippen LogP contribution in [0.1, 0.15) is 0 Å². The molecule has 0 bridgehead atoms. The van der Waals surface area contributed by atoms with Crippen LogP contribution in [0, 0.1) is 0 Å². The Morgan fingerprint density at radius 3 is 2.53 bits per heavy atom. The second kappa shape index (κ2) is 5.21. The number of methoxy groups -OCH3 is 2. The summed E-state index contributed by atoms with van der Waals surface area (Å²) in [5.74, 6) is 0.821. The standard InChI is InChI=1S/C8H15O6P/c1-12-7-5-14-6(8(7)13-2)3-4-15(9,10)11/h3-4,6-8H,5H2,1-2H3,(H2,9,10,11)/b4-3+/t6-,7+,8-/m1/s1. The van der Waals surface area contributed by atoms with Crippen molar-refractivity contribution in [3.05, 3.63) is 11.9 Å². The van der Waals surface area contributed by atoms with E-state index in [1.807, 2.05) is 0 Å². The van der Waals surface area contributed by atoms with E-state index in [1.54, 1.807) is 0 Å². The van der Waals surface area contributed by atoms with Gasteiger partial charge in [0.15, 0.2) is 0 Å². The van der Waals surface area contributed by atoms with E-state index < -0.39 is 13.7 Å². The van der Waals surface area contributed by atoms with Gasteiger partial charge in [-0.05, 0) is 6.08 Å². The molecule has 1 aliphatic rings. The first-order valence-corrected chi connectivity index (χ1v) is 6.08. The Bertz CT molecular complexity index is 272. The van der Waals surface area contributed by atoms with E-state index >= 15 is 0 Å². The van der Waals surface area contributed by atoms with Crippen LogP contribution >= 0.6 is 7.60 Å². The highest BCUT2D eigenvalue weighted by atomic mass is 31.2. The summed E-state index contributed by atoms with van der Waals surface area (Å²) in [6.45, 7) is 0.352. The van der Waals surface area contributed by atoms with Gasteiger partial charge in [0.1, 0.15) is 18.3 Å². The summed E-state index contributed by atoms with van der Waals surface area (Å²) in [7, 11) is -1.10. The monoisotopic (exact) mass is 238 g/mol. The van der Waals surface area contributed by atoms with E-state index in [9.17, 15) is 4.57 Å². The smallest absolute Gasteiger partial charge is 0.348 e. The molecule has 1 rings (SSSR count). The molecule has 7 heteroatoms. The molecule has 1 saturated heterocycles. The van der Waals surface area contributed by atoms with Gasteiger partial charge in [0.2, 0.25) is 0 Å². The zero-order chi connectivity index (χ0) is 11.5. The highest BCUT2D eigenvalue weighted by Gasteiger charge is 2.36. The van der Waals surface area contributed by atoms with Crippen LogP contribution in [-0.4, -0.2) is 48.9 Å². The fourth-order valence-corrected chi connectivity index (χ4v) is 1.85. The van der Waals surface area contributed by atoms with E-state index in [0.717, 1.165) is 5.82 Å². The molecule has 0 radical (unpaired) electrons. The van der Waals surface area contributed by atoms with Crippen LogP contribution in [0.25, 0.3) is 0 Å². The van der Waals surface area contributed by atoms with Crippen LogP contribution in [0.3, 0.4) is 0 Å². The van der Waals surface area contributed by atoms with Crippen LogP contribution in [0.4, 0.5) is 0 Å². The van der Waals surface area contributed by atoms with Crippen molar-refractivity contribution in [3.8, 4) is 0 Å². The molecule has 0 aromatic carbocycles. The van der Waals surface area contributed by atoms with Crippen LogP contribution < -0.4 is 0 Å². The molecule has 0 spiro atoms. The summed E-state index contributed by atoms with van der Waals surface area (Å²) < 4.78 is 26.1. The van der Waals surface area contributed by atoms with Crippen molar-refractivity contribution in [2.75, 3.05) is 20.8 Å². The van der Waals surface area contributed by atoms with E-state index in [0.29, 0.717) is 6.61 Å². The maximum Gasteiger partial charge on any atom is 0.348 e. The van der Waals surface area contributed by atoms with Crippen LogP contribution in [0.15, 0.2) is 11.9 Å². The minimum Gasteiger partial charge on any atom is -0.376 e. The maximum atomic E-state index is 10.6. The summed E-state index contributed by atoms with van der Waals surface area (Å²) in [6.07, 6.45) is 0.292. The Kier molecular flexibility index (Phi) is 4.45. The second-order valence-electron chi connectivity index (χ2n) is 3.20. The predicted molar refractivity (Wildman–Crippen MR) is 52.5 cm³/mol. The van der Waals surface area contributed by atoms with Crippen molar-refractivity contribution in [2.45, 2.75) is 18.3 Å². The van der Waals surface area contributed by atoms with Gasteiger partial charge in [-0.1, -0.05) is 0 Å². The first-order valence-electron chi connectivity index (χ1n) is 4.39. The third-order valence-electron chi connectivity index (χ3n) is 2.19. The van der Waals surface area contributed by atoms with Crippen LogP contribution in [0.2, 0.25) is 0 Å². The molecular formula is C8H15O6P. The fourth-order valence-electron chi connectivity index (χ4n) is 1.46. The van der Waals surface area contributed by atoms with Crippen molar-refractivity contribution in [1.29, 1.82) is 0 Å². The molecule has 15 heavy (non-hydrogen) atoms. The van der Waals surface area contributed by atoms with Gasteiger partial charge in [0.05, 0.1) is 6.61 Å². The van der Waals surface area contributed by atoms with Crippen molar-refractivity contribution in [3.63, 3.8) is 0 Å². The first-order chi connectivity index (χ1) is 6.98. The largest absolute Gasteiger partial charge is 0.376 e. The normalized spacial score (nSPS) is 32.7. The number of hydrogen-bond acceptors (Lipinski definition) is 4. The third-order valence-corrected chi connectivity index (χ3v) is 2.75. The van der Waals surface area contributed by atoms with E-state index in [4.69, 9.17) is 24.0 Å². The summed E-state index contributed by atoms with van der Waals surface area (Å²) in [6, 6.07) is 0. The quantitative estimate of drug-likeness (QED) is 0.676. The zero-order valence-electron chi connectivity index (χ0n) is 8.57. The molecule has 0 aliphatic carbocycles. The Balaban J connectivity index is 2.64. The Morgan fingerprint density at radius 2 is 2.07 bits per heavy atom. The van der Waals surface area contributed by atoms with Crippen molar-refractivity contribution in [1.82, 2.24) is 0 Å².